The summed E-state index contributed by atoms with van der Waals surface area (Å²) in [4.78, 5) is 13.7. The Labute approximate surface area is 164 Å². The molecule has 0 aliphatic rings. The number of likely N-dealkylation sites (N-methyl/N-ethyl adjacent to an activating group) is 1. The van der Waals surface area contributed by atoms with Crippen LogP contribution >= 0.6 is 11.6 Å². The molecule has 0 heterocycles. The van der Waals surface area contributed by atoms with Crippen molar-refractivity contribution < 1.29 is 18.7 Å². The van der Waals surface area contributed by atoms with E-state index in [2.05, 4.69) is 0 Å². The average Bonchev–Trinajstić information content (AvgIpc) is 2.63. The first-order valence-electron chi connectivity index (χ1n) is 8.52. The molecule has 1 amide bonds. The lowest BCUT2D eigenvalue weighted by molar-refractivity contribution is -0.125. The van der Waals surface area contributed by atoms with Crippen LogP contribution in [0.3, 0.4) is 0 Å². The summed E-state index contributed by atoms with van der Waals surface area (Å²) >= 11 is 6.01. The fourth-order valence-electron chi connectivity index (χ4n) is 2.43. The summed E-state index contributed by atoms with van der Waals surface area (Å²) < 4.78 is 24.9. The van der Waals surface area contributed by atoms with Crippen LogP contribution in [-0.4, -0.2) is 31.1 Å². The van der Waals surface area contributed by atoms with E-state index in [-0.39, 0.29) is 18.6 Å². The predicted octanol–water partition coefficient (Wildman–Crippen LogP) is 4.95. The van der Waals surface area contributed by atoms with Gasteiger partial charge in [0.1, 0.15) is 5.82 Å². The van der Waals surface area contributed by atoms with Crippen molar-refractivity contribution in [2.75, 3.05) is 14.2 Å². The van der Waals surface area contributed by atoms with Gasteiger partial charge in [-0.3, -0.25) is 4.79 Å². The summed E-state index contributed by atoms with van der Waals surface area (Å²) in [6.07, 6.45) is 3.12. The van der Waals surface area contributed by atoms with Gasteiger partial charge in [0.2, 0.25) is 5.91 Å². The van der Waals surface area contributed by atoms with Crippen LogP contribution in [-0.2, 0) is 11.3 Å². The van der Waals surface area contributed by atoms with E-state index in [1.54, 1.807) is 38.4 Å². The van der Waals surface area contributed by atoms with Crippen LogP contribution < -0.4 is 9.47 Å². The van der Waals surface area contributed by atoms with Crippen LogP contribution in [0.4, 0.5) is 4.39 Å². The highest BCUT2D eigenvalue weighted by Gasteiger charge is 2.13. The van der Waals surface area contributed by atoms with Crippen molar-refractivity contribution in [1.82, 2.24) is 4.90 Å². The first-order chi connectivity index (χ1) is 12.8. The maximum absolute atomic E-state index is 13.9. The highest BCUT2D eigenvalue weighted by Crippen LogP contribution is 2.29. The standard InChI is InChI=1S/C21H23ClFNO3/c1-14(2)27-19-10-8-15(12-20(19)26-4)9-11-21(25)24(3)13-16-17(22)6-5-7-18(16)23/h5-12,14H,13H2,1-4H3/b11-9+. The number of hydrogen-bond donors (Lipinski definition) is 0. The molecule has 0 atom stereocenters. The number of carbonyl (C=O) groups is 1. The van der Waals surface area contributed by atoms with Gasteiger partial charge in [-0.15, -0.1) is 0 Å². The molecule has 0 spiro atoms. The van der Waals surface area contributed by atoms with Crippen molar-refractivity contribution in [3.8, 4) is 11.5 Å². The maximum Gasteiger partial charge on any atom is 0.246 e. The fourth-order valence-corrected chi connectivity index (χ4v) is 2.66. The van der Waals surface area contributed by atoms with Gasteiger partial charge in [0.05, 0.1) is 13.2 Å². The number of ether oxygens (including phenoxy) is 2. The molecule has 2 aromatic carbocycles. The molecule has 0 unspecified atom stereocenters. The third-order valence-corrected chi connectivity index (χ3v) is 4.16. The van der Waals surface area contributed by atoms with Gasteiger partial charge < -0.3 is 14.4 Å². The number of halogens is 2. The number of nitrogens with zero attached hydrogens (tertiary/aromatic N) is 1. The lowest BCUT2D eigenvalue weighted by Crippen LogP contribution is -2.24. The van der Waals surface area contributed by atoms with Crippen molar-refractivity contribution in [2.24, 2.45) is 0 Å². The van der Waals surface area contributed by atoms with E-state index in [1.807, 2.05) is 19.9 Å². The number of rotatable bonds is 7. The maximum atomic E-state index is 13.9. The summed E-state index contributed by atoms with van der Waals surface area (Å²) in [5.41, 5.74) is 1.08. The van der Waals surface area contributed by atoms with Crippen molar-refractivity contribution in [3.05, 3.63) is 64.4 Å². The molecule has 0 aliphatic carbocycles. The van der Waals surface area contributed by atoms with E-state index in [4.69, 9.17) is 21.1 Å². The fraction of sp³-hybridized carbons (Fsp3) is 0.286. The molecule has 0 saturated heterocycles. The first kappa shape index (κ1) is 20.8. The van der Waals surface area contributed by atoms with Crippen molar-refractivity contribution in [1.29, 1.82) is 0 Å². The molecule has 144 valence electrons. The first-order valence-corrected chi connectivity index (χ1v) is 8.90. The van der Waals surface area contributed by atoms with E-state index in [0.717, 1.165) is 5.56 Å². The van der Waals surface area contributed by atoms with Gasteiger partial charge in [-0.2, -0.15) is 0 Å². The van der Waals surface area contributed by atoms with Crippen LogP contribution in [0.2, 0.25) is 5.02 Å². The van der Waals surface area contributed by atoms with Gasteiger partial charge in [-0.05, 0) is 49.8 Å². The second kappa shape index (κ2) is 9.42. The Morgan fingerprint density at radius 2 is 2.00 bits per heavy atom. The largest absolute Gasteiger partial charge is 0.493 e. The van der Waals surface area contributed by atoms with Gasteiger partial charge in [-0.1, -0.05) is 23.7 Å². The van der Waals surface area contributed by atoms with Gasteiger partial charge in [0, 0.05) is 30.3 Å². The Kier molecular flexibility index (Phi) is 7.25. The van der Waals surface area contributed by atoms with E-state index < -0.39 is 5.82 Å². The Balaban J connectivity index is 2.09. The Morgan fingerprint density at radius 3 is 2.63 bits per heavy atom. The second-order valence-corrected chi connectivity index (χ2v) is 6.71. The summed E-state index contributed by atoms with van der Waals surface area (Å²) in [5, 5.41) is 0.295. The molecule has 0 fully saturated rings. The molecule has 2 aromatic rings. The zero-order valence-electron chi connectivity index (χ0n) is 15.8. The van der Waals surface area contributed by atoms with Gasteiger partial charge in [-0.25, -0.2) is 4.39 Å². The van der Waals surface area contributed by atoms with Crippen LogP contribution in [0.1, 0.15) is 25.0 Å². The normalized spacial score (nSPS) is 11.1. The smallest absolute Gasteiger partial charge is 0.246 e. The number of carbonyl (C=O) groups excluding carboxylic acids is 1. The van der Waals surface area contributed by atoms with Gasteiger partial charge in [0.25, 0.3) is 0 Å². The minimum Gasteiger partial charge on any atom is -0.493 e. The number of benzene rings is 2. The second-order valence-electron chi connectivity index (χ2n) is 6.30. The summed E-state index contributed by atoms with van der Waals surface area (Å²) in [7, 11) is 3.16. The highest BCUT2D eigenvalue weighted by atomic mass is 35.5. The zero-order valence-corrected chi connectivity index (χ0v) is 16.6. The third kappa shape index (κ3) is 5.73. The average molecular weight is 392 g/mol. The summed E-state index contributed by atoms with van der Waals surface area (Å²) in [6, 6.07) is 9.87. The topological polar surface area (TPSA) is 38.8 Å². The molecular formula is C21H23ClFNO3. The minimum absolute atomic E-state index is 0.0284. The number of methoxy groups -OCH3 is 1. The predicted molar refractivity (Wildman–Crippen MR) is 106 cm³/mol. The zero-order chi connectivity index (χ0) is 20.0. The Bertz CT molecular complexity index is 816. The molecule has 0 N–H and O–H groups in total. The number of hydrogen-bond acceptors (Lipinski definition) is 3. The van der Waals surface area contributed by atoms with Crippen LogP contribution in [0.15, 0.2) is 42.5 Å². The van der Waals surface area contributed by atoms with Crippen LogP contribution in [0.5, 0.6) is 11.5 Å². The van der Waals surface area contributed by atoms with Crippen LogP contribution in [0.25, 0.3) is 6.08 Å². The number of amides is 1. The lowest BCUT2D eigenvalue weighted by Gasteiger charge is -2.16. The molecule has 0 bridgehead atoms. The van der Waals surface area contributed by atoms with Gasteiger partial charge in [0.15, 0.2) is 11.5 Å². The van der Waals surface area contributed by atoms with E-state index >= 15 is 0 Å². The van der Waals surface area contributed by atoms with E-state index in [9.17, 15) is 9.18 Å². The Morgan fingerprint density at radius 1 is 1.26 bits per heavy atom. The minimum atomic E-state index is -0.434. The van der Waals surface area contributed by atoms with Crippen molar-refractivity contribution in [3.63, 3.8) is 0 Å². The van der Waals surface area contributed by atoms with Crippen molar-refractivity contribution >= 4 is 23.6 Å². The molecule has 0 aliphatic heterocycles. The summed E-state index contributed by atoms with van der Waals surface area (Å²) in [5.74, 6) is 0.527. The summed E-state index contributed by atoms with van der Waals surface area (Å²) in [6.45, 7) is 3.95. The third-order valence-electron chi connectivity index (χ3n) is 3.80. The Hall–Kier alpha value is -2.53. The molecular weight excluding hydrogens is 369 g/mol. The molecule has 6 heteroatoms. The molecule has 2 rings (SSSR count). The van der Waals surface area contributed by atoms with Crippen molar-refractivity contribution in [2.45, 2.75) is 26.5 Å². The molecule has 0 saturated carbocycles. The molecule has 27 heavy (non-hydrogen) atoms. The molecule has 0 radical (unpaired) electrons. The van der Waals surface area contributed by atoms with E-state index in [1.165, 1.54) is 23.1 Å². The monoisotopic (exact) mass is 391 g/mol. The van der Waals surface area contributed by atoms with Crippen LogP contribution in [0, 0.1) is 5.82 Å². The SMILES string of the molecule is COc1cc(/C=C/C(=O)N(C)Cc2c(F)cccc2Cl)ccc1OC(C)C. The molecule has 4 nitrogen and oxygen atoms in total. The molecule has 0 aromatic heterocycles. The van der Waals surface area contributed by atoms with E-state index in [0.29, 0.717) is 22.1 Å². The lowest BCUT2D eigenvalue weighted by atomic mass is 10.1. The van der Waals surface area contributed by atoms with Gasteiger partial charge >= 0.3 is 0 Å². The quantitative estimate of drug-likeness (QED) is 0.627. The highest BCUT2D eigenvalue weighted by molar-refractivity contribution is 6.31.